The Balaban J connectivity index is 3.72. The Bertz CT molecular complexity index is 134. The summed E-state index contributed by atoms with van der Waals surface area (Å²) in [5, 5.41) is 11.8. The van der Waals surface area contributed by atoms with Crippen molar-refractivity contribution in [2.45, 2.75) is 39.7 Å². The van der Waals surface area contributed by atoms with Crippen molar-refractivity contribution in [1.82, 2.24) is 5.32 Å². The number of rotatable bonds is 6. The number of nitrogens with one attached hydrogen (secondary N) is 1. The van der Waals surface area contributed by atoms with Crippen LogP contribution < -0.4 is 5.32 Å². The molecule has 0 rings (SSSR count). The largest absolute Gasteiger partial charge is 0.480 e. The van der Waals surface area contributed by atoms with Gasteiger partial charge in [-0.2, -0.15) is 0 Å². The van der Waals surface area contributed by atoms with Gasteiger partial charge in [0.2, 0.25) is 0 Å². The minimum Gasteiger partial charge on any atom is -0.480 e. The van der Waals surface area contributed by atoms with E-state index in [-0.39, 0.29) is 5.92 Å². The molecule has 0 radical (unpaired) electrons. The first kappa shape index (κ1) is 11.4. The monoisotopic (exact) mass is 173 g/mol. The lowest BCUT2D eigenvalue weighted by Gasteiger charge is -2.17. The summed E-state index contributed by atoms with van der Waals surface area (Å²) in [4.78, 5) is 10.7. The van der Waals surface area contributed by atoms with Gasteiger partial charge in [0.15, 0.2) is 0 Å². The zero-order valence-electron chi connectivity index (χ0n) is 8.13. The van der Waals surface area contributed by atoms with Crippen LogP contribution in [0.5, 0.6) is 0 Å². The third-order valence-corrected chi connectivity index (χ3v) is 1.83. The molecule has 0 aliphatic heterocycles. The molecule has 72 valence electrons. The molecule has 0 fully saturated rings. The van der Waals surface area contributed by atoms with Crippen LogP contribution in [0.2, 0.25) is 0 Å². The summed E-state index contributed by atoms with van der Waals surface area (Å²) in [6.07, 6.45) is 2.13. The fraction of sp³-hybridized carbons (Fsp3) is 0.889. The van der Waals surface area contributed by atoms with Crippen molar-refractivity contribution in [3.63, 3.8) is 0 Å². The Morgan fingerprint density at radius 1 is 1.50 bits per heavy atom. The van der Waals surface area contributed by atoms with Crippen molar-refractivity contribution in [1.29, 1.82) is 0 Å². The maximum absolute atomic E-state index is 10.7. The average Bonchev–Trinajstić information content (AvgIpc) is 1.96. The summed E-state index contributed by atoms with van der Waals surface area (Å²) in [6.45, 7) is 6.72. The summed E-state index contributed by atoms with van der Waals surface area (Å²) in [7, 11) is 0. The Morgan fingerprint density at radius 2 is 2.08 bits per heavy atom. The first-order valence-electron chi connectivity index (χ1n) is 4.55. The highest BCUT2D eigenvalue weighted by Crippen LogP contribution is 2.01. The quantitative estimate of drug-likeness (QED) is 0.598. The van der Waals surface area contributed by atoms with Crippen LogP contribution in [-0.2, 0) is 4.79 Å². The molecule has 2 N–H and O–H groups in total. The molecule has 0 amide bonds. The van der Waals surface area contributed by atoms with Gasteiger partial charge >= 0.3 is 5.97 Å². The van der Waals surface area contributed by atoms with Gasteiger partial charge in [-0.05, 0) is 18.9 Å². The normalized spacial score (nSPS) is 13.3. The second kappa shape index (κ2) is 6.00. The lowest BCUT2D eigenvalue weighted by Crippen LogP contribution is -2.41. The molecule has 3 nitrogen and oxygen atoms in total. The molecule has 0 aliphatic carbocycles. The number of hydrogen-bond donors (Lipinski definition) is 2. The molecule has 0 saturated heterocycles. The standard InChI is InChI=1S/C9H19NO2/c1-4-5-6-10-8(7(2)3)9(11)12/h7-8,10H,4-6H2,1-3H3,(H,11,12). The summed E-state index contributed by atoms with van der Waals surface area (Å²) < 4.78 is 0. The van der Waals surface area contributed by atoms with E-state index in [0.717, 1.165) is 19.4 Å². The van der Waals surface area contributed by atoms with E-state index < -0.39 is 12.0 Å². The number of carboxylic acid groups (broad SMARTS) is 1. The van der Waals surface area contributed by atoms with Gasteiger partial charge in [-0.3, -0.25) is 4.79 Å². The number of aliphatic carboxylic acids is 1. The molecule has 0 saturated carbocycles. The molecule has 0 aliphatic rings. The van der Waals surface area contributed by atoms with Crippen LogP contribution in [0, 0.1) is 5.92 Å². The predicted molar refractivity (Wildman–Crippen MR) is 49.2 cm³/mol. The zero-order valence-corrected chi connectivity index (χ0v) is 8.13. The second-order valence-electron chi connectivity index (χ2n) is 3.37. The summed E-state index contributed by atoms with van der Waals surface area (Å²) in [6, 6.07) is -0.392. The molecule has 12 heavy (non-hydrogen) atoms. The molecule has 0 spiro atoms. The van der Waals surface area contributed by atoms with E-state index in [2.05, 4.69) is 12.2 Å². The summed E-state index contributed by atoms with van der Waals surface area (Å²) >= 11 is 0. The van der Waals surface area contributed by atoms with Crippen molar-refractivity contribution >= 4 is 5.97 Å². The maximum atomic E-state index is 10.7. The average molecular weight is 173 g/mol. The van der Waals surface area contributed by atoms with Gasteiger partial charge in [-0.15, -0.1) is 0 Å². The Labute approximate surface area is 74.2 Å². The second-order valence-corrected chi connectivity index (χ2v) is 3.37. The van der Waals surface area contributed by atoms with E-state index in [9.17, 15) is 4.79 Å². The van der Waals surface area contributed by atoms with Crippen LogP contribution >= 0.6 is 0 Å². The van der Waals surface area contributed by atoms with Crippen molar-refractivity contribution in [3.8, 4) is 0 Å². The third-order valence-electron chi connectivity index (χ3n) is 1.83. The van der Waals surface area contributed by atoms with Gasteiger partial charge < -0.3 is 10.4 Å². The first-order chi connectivity index (χ1) is 5.59. The van der Waals surface area contributed by atoms with Gasteiger partial charge in [0, 0.05) is 0 Å². The van der Waals surface area contributed by atoms with Crippen LogP contribution in [0.4, 0.5) is 0 Å². The fourth-order valence-corrected chi connectivity index (χ4v) is 1.04. The highest BCUT2D eigenvalue weighted by molar-refractivity contribution is 5.73. The van der Waals surface area contributed by atoms with E-state index >= 15 is 0 Å². The van der Waals surface area contributed by atoms with Gasteiger partial charge in [-0.1, -0.05) is 27.2 Å². The molecule has 0 heterocycles. The summed E-state index contributed by atoms with van der Waals surface area (Å²) in [5.74, 6) is -0.597. The Kier molecular flexibility index (Phi) is 5.72. The number of carboxylic acids is 1. The molecule has 3 heteroatoms. The highest BCUT2D eigenvalue weighted by atomic mass is 16.4. The van der Waals surface area contributed by atoms with Gasteiger partial charge in [-0.25, -0.2) is 0 Å². The number of hydrogen-bond acceptors (Lipinski definition) is 2. The molecule has 1 atom stereocenters. The van der Waals surface area contributed by atoms with Crippen molar-refractivity contribution in [2.75, 3.05) is 6.54 Å². The van der Waals surface area contributed by atoms with Crippen LogP contribution in [-0.4, -0.2) is 23.7 Å². The zero-order chi connectivity index (χ0) is 9.56. The molecular formula is C9H19NO2. The number of carbonyl (C=O) groups is 1. The fourth-order valence-electron chi connectivity index (χ4n) is 1.04. The minimum atomic E-state index is -0.749. The van der Waals surface area contributed by atoms with Gasteiger partial charge in [0.25, 0.3) is 0 Å². The van der Waals surface area contributed by atoms with Crippen LogP contribution in [0.3, 0.4) is 0 Å². The Hall–Kier alpha value is -0.570. The van der Waals surface area contributed by atoms with E-state index in [0.29, 0.717) is 0 Å². The van der Waals surface area contributed by atoms with E-state index in [4.69, 9.17) is 5.11 Å². The van der Waals surface area contributed by atoms with Crippen LogP contribution in [0.25, 0.3) is 0 Å². The third kappa shape index (κ3) is 4.34. The molecule has 0 bridgehead atoms. The summed E-state index contributed by atoms with van der Waals surface area (Å²) in [5.41, 5.74) is 0. The van der Waals surface area contributed by atoms with Crippen LogP contribution in [0.15, 0.2) is 0 Å². The van der Waals surface area contributed by atoms with Crippen LogP contribution in [0.1, 0.15) is 33.6 Å². The predicted octanol–water partition coefficient (Wildman–Crippen LogP) is 1.49. The lowest BCUT2D eigenvalue weighted by atomic mass is 10.0. The molecule has 1 unspecified atom stereocenters. The molecule has 0 aromatic carbocycles. The molecule has 0 aromatic rings. The highest BCUT2D eigenvalue weighted by Gasteiger charge is 2.19. The maximum Gasteiger partial charge on any atom is 0.320 e. The SMILES string of the molecule is CCCCNC(C(=O)O)C(C)C. The Morgan fingerprint density at radius 3 is 2.42 bits per heavy atom. The van der Waals surface area contributed by atoms with E-state index in [1.165, 1.54) is 0 Å². The number of unbranched alkanes of at least 4 members (excludes halogenated alkanes) is 1. The molecule has 0 aromatic heterocycles. The smallest absolute Gasteiger partial charge is 0.320 e. The van der Waals surface area contributed by atoms with Gasteiger partial charge in [0.1, 0.15) is 6.04 Å². The van der Waals surface area contributed by atoms with E-state index in [1.54, 1.807) is 0 Å². The lowest BCUT2D eigenvalue weighted by molar-refractivity contribution is -0.140. The van der Waals surface area contributed by atoms with Gasteiger partial charge in [0.05, 0.1) is 0 Å². The topological polar surface area (TPSA) is 49.3 Å². The van der Waals surface area contributed by atoms with E-state index in [1.807, 2.05) is 13.8 Å². The van der Waals surface area contributed by atoms with Crippen molar-refractivity contribution in [3.05, 3.63) is 0 Å². The van der Waals surface area contributed by atoms with Crippen molar-refractivity contribution in [2.24, 2.45) is 5.92 Å². The molecular weight excluding hydrogens is 154 g/mol. The van der Waals surface area contributed by atoms with Crippen molar-refractivity contribution < 1.29 is 9.90 Å². The first-order valence-corrected chi connectivity index (χ1v) is 4.55. The minimum absolute atomic E-state index is 0.152.